The molecule has 2 aliphatic heterocycles. The zero-order chi connectivity index (χ0) is 13.5. The molecule has 2 aliphatic rings. The van der Waals surface area contributed by atoms with Gasteiger partial charge in [0.05, 0.1) is 17.4 Å². The fraction of sp³-hybridized carbons (Fsp3) is 0.353. The first-order chi connectivity index (χ1) is 9.83. The predicted molar refractivity (Wildman–Crippen MR) is 81.1 cm³/mol. The van der Waals surface area contributed by atoms with Crippen molar-refractivity contribution in [2.24, 2.45) is 0 Å². The number of benzene rings is 1. The second-order valence-electron chi connectivity index (χ2n) is 5.82. The lowest BCUT2D eigenvalue weighted by molar-refractivity contribution is 0.269. The SMILES string of the molecule is CN1CCN2c3cccnc3Cc3ccccc3C2C1. The maximum absolute atomic E-state index is 4.63. The van der Waals surface area contributed by atoms with Gasteiger partial charge < -0.3 is 9.80 Å². The Hall–Kier alpha value is -1.87. The highest BCUT2D eigenvalue weighted by atomic mass is 15.3. The van der Waals surface area contributed by atoms with E-state index in [1.807, 2.05) is 6.20 Å². The lowest BCUT2D eigenvalue weighted by Gasteiger charge is -2.41. The summed E-state index contributed by atoms with van der Waals surface area (Å²) in [6.45, 7) is 3.28. The topological polar surface area (TPSA) is 19.4 Å². The van der Waals surface area contributed by atoms with E-state index in [9.17, 15) is 0 Å². The van der Waals surface area contributed by atoms with Crippen molar-refractivity contribution in [3.8, 4) is 0 Å². The summed E-state index contributed by atoms with van der Waals surface area (Å²) in [5, 5.41) is 0. The number of hydrogen-bond acceptors (Lipinski definition) is 3. The number of rotatable bonds is 0. The average molecular weight is 265 g/mol. The van der Waals surface area contributed by atoms with E-state index in [0.717, 1.165) is 26.1 Å². The van der Waals surface area contributed by atoms with Crippen molar-refractivity contribution in [1.29, 1.82) is 0 Å². The summed E-state index contributed by atoms with van der Waals surface area (Å²) in [6.07, 6.45) is 2.86. The number of hydrogen-bond donors (Lipinski definition) is 0. The van der Waals surface area contributed by atoms with Gasteiger partial charge in [-0.2, -0.15) is 0 Å². The van der Waals surface area contributed by atoms with Gasteiger partial charge in [0, 0.05) is 32.3 Å². The van der Waals surface area contributed by atoms with Gasteiger partial charge in [0.2, 0.25) is 0 Å². The van der Waals surface area contributed by atoms with E-state index < -0.39 is 0 Å². The van der Waals surface area contributed by atoms with Gasteiger partial charge in [-0.1, -0.05) is 24.3 Å². The highest BCUT2D eigenvalue weighted by Crippen LogP contribution is 2.37. The monoisotopic (exact) mass is 265 g/mol. The Kier molecular flexibility index (Phi) is 2.74. The quantitative estimate of drug-likeness (QED) is 0.729. The molecule has 0 radical (unpaired) electrons. The molecule has 0 amide bonds. The minimum atomic E-state index is 0.454. The van der Waals surface area contributed by atoms with E-state index in [1.54, 1.807) is 0 Å². The third-order valence-electron chi connectivity index (χ3n) is 4.53. The maximum atomic E-state index is 4.63. The first-order valence-electron chi connectivity index (χ1n) is 7.30. The molecule has 3 heteroatoms. The standard InChI is InChI=1S/C17H19N3/c1-19-9-10-20-16-7-4-8-18-15(16)11-13-5-2-3-6-14(13)17(20)12-19/h2-8,17H,9-12H2,1H3. The molecule has 0 saturated carbocycles. The van der Waals surface area contributed by atoms with E-state index in [4.69, 9.17) is 0 Å². The van der Waals surface area contributed by atoms with Crippen molar-refractivity contribution in [2.75, 3.05) is 31.6 Å². The van der Waals surface area contributed by atoms with Crippen molar-refractivity contribution in [2.45, 2.75) is 12.5 Å². The summed E-state index contributed by atoms with van der Waals surface area (Å²) >= 11 is 0. The van der Waals surface area contributed by atoms with Crippen LogP contribution in [0.4, 0.5) is 5.69 Å². The summed E-state index contributed by atoms with van der Waals surface area (Å²) in [5.74, 6) is 0. The van der Waals surface area contributed by atoms with Crippen LogP contribution in [0.25, 0.3) is 0 Å². The second kappa shape index (κ2) is 4.60. The van der Waals surface area contributed by atoms with Gasteiger partial charge in [0.1, 0.15) is 0 Å². The zero-order valence-corrected chi connectivity index (χ0v) is 11.8. The lowest BCUT2D eigenvalue weighted by Crippen LogP contribution is -2.47. The molecule has 3 nitrogen and oxygen atoms in total. The Bertz CT molecular complexity index is 638. The van der Waals surface area contributed by atoms with Crippen LogP contribution in [0.1, 0.15) is 22.9 Å². The molecule has 0 bridgehead atoms. The Morgan fingerprint density at radius 3 is 2.95 bits per heavy atom. The largest absolute Gasteiger partial charge is 0.360 e. The fourth-order valence-corrected chi connectivity index (χ4v) is 3.50. The average Bonchev–Trinajstić information content (AvgIpc) is 2.61. The number of piperazine rings is 1. The van der Waals surface area contributed by atoms with Crippen LogP contribution in [0.3, 0.4) is 0 Å². The molecule has 2 aromatic rings. The highest BCUT2D eigenvalue weighted by molar-refractivity contribution is 5.58. The van der Waals surface area contributed by atoms with Crippen LogP contribution in [0, 0.1) is 0 Å². The molecule has 20 heavy (non-hydrogen) atoms. The second-order valence-corrected chi connectivity index (χ2v) is 5.82. The van der Waals surface area contributed by atoms with Gasteiger partial charge >= 0.3 is 0 Å². The molecule has 3 heterocycles. The van der Waals surface area contributed by atoms with Crippen molar-refractivity contribution in [3.05, 3.63) is 59.4 Å². The molecule has 1 atom stereocenters. The van der Waals surface area contributed by atoms with Crippen LogP contribution in [-0.2, 0) is 6.42 Å². The van der Waals surface area contributed by atoms with Gasteiger partial charge in [-0.25, -0.2) is 0 Å². The van der Waals surface area contributed by atoms with Crippen molar-refractivity contribution in [1.82, 2.24) is 9.88 Å². The van der Waals surface area contributed by atoms with E-state index in [1.165, 1.54) is 22.5 Å². The van der Waals surface area contributed by atoms with Crippen molar-refractivity contribution >= 4 is 5.69 Å². The molecule has 4 rings (SSSR count). The highest BCUT2D eigenvalue weighted by Gasteiger charge is 2.32. The summed E-state index contributed by atoms with van der Waals surface area (Å²) < 4.78 is 0. The summed E-state index contributed by atoms with van der Waals surface area (Å²) in [5.41, 5.74) is 5.43. The van der Waals surface area contributed by atoms with Crippen LogP contribution < -0.4 is 4.90 Å². The number of anilines is 1. The minimum absolute atomic E-state index is 0.454. The van der Waals surface area contributed by atoms with E-state index in [2.05, 4.69) is 58.2 Å². The van der Waals surface area contributed by atoms with Gasteiger partial charge in [0.15, 0.2) is 0 Å². The Morgan fingerprint density at radius 2 is 2.00 bits per heavy atom. The van der Waals surface area contributed by atoms with Crippen LogP contribution in [0.5, 0.6) is 0 Å². The Labute approximate surface area is 119 Å². The lowest BCUT2D eigenvalue weighted by atomic mass is 9.97. The normalized spacial score (nSPS) is 21.6. The molecular formula is C17H19N3. The minimum Gasteiger partial charge on any atom is -0.360 e. The first kappa shape index (κ1) is 11.9. The first-order valence-corrected chi connectivity index (χ1v) is 7.30. The summed E-state index contributed by atoms with van der Waals surface area (Å²) in [7, 11) is 2.22. The third kappa shape index (κ3) is 1.81. The molecule has 0 aliphatic carbocycles. The van der Waals surface area contributed by atoms with Crippen LogP contribution in [0.15, 0.2) is 42.6 Å². The molecular weight excluding hydrogens is 246 g/mol. The third-order valence-corrected chi connectivity index (χ3v) is 4.53. The molecule has 1 fully saturated rings. The van der Waals surface area contributed by atoms with E-state index in [-0.39, 0.29) is 0 Å². The van der Waals surface area contributed by atoms with Crippen molar-refractivity contribution < 1.29 is 0 Å². The van der Waals surface area contributed by atoms with Gasteiger partial charge in [0.25, 0.3) is 0 Å². The van der Waals surface area contributed by atoms with E-state index in [0.29, 0.717) is 6.04 Å². The molecule has 0 N–H and O–H groups in total. The number of aromatic nitrogens is 1. The smallest absolute Gasteiger partial charge is 0.0680 e. The summed E-state index contributed by atoms with van der Waals surface area (Å²) in [6, 6.07) is 13.6. The van der Waals surface area contributed by atoms with E-state index >= 15 is 0 Å². The molecule has 102 valence electrons. The van der Waals surface area contributed by atoms with Crippen LogP contribution >= 0.6 is 0 Å². The number of fused-ring (bicyclic) bond motifs is 5. The summed E-state index contributed by atoms with van der Waals surface area (Å²) in [4.78, 5) is 9.61. The van der Waals surface area contributed by atoms with Crippen LogP contribution in [-0.4, -0.2) is 36.6 Å². The maximum Gasteiger partial charge on any atom is 0.0680 e. The Morgan fingerprint density at radius 1 is 1.10 bits per heavy atom. The molecule has 1 aromatic heterocycles. The number of pyridine rings is 1. The molecule has 1 aromatic carbocycles. The van der Waals surface area contributed by atoms with Gasteiger partial charge in [-0.15, -0.1) is 0 Å². The van der Waals surface area contributed by atoms with Crippen molar-refractivity contribution in [3.63, 3.8) is 0 Å². The molecule has 1 unspecified atom stereocenters. The number of nitrogens with zero attached hydrogens (tertiary/aromatic N) is 3. The zero-order valence-electron chi connectivity index (χ0n) is 11.8. The molecule has 1 saturated heterocycles. The Balaban J connectivity index is 1.90. The number of likely N-dealkylation sites (N-methyl/N-ethyl adjacent to an activating group) is 1. The molecule has 0 spiro atoms. The van der Waals surface area contributed by atoms with Gasteiger partial charge in [-0.3, -0.25) is 4.98 Å². The van der Waals surface area contributed by atoms with Crippen LogP contribution in [0.2, 0.25) is 0 Å². The predicted octanol–water partition coefficient (Wildman–Crippen LogP) is 2.48. The van der Waals surface area contributed by atoms with Gasteiger partial charge in [-0.05, 0) is 30.3 Å². The fourth-order valence-electron chi connectivity index (χ4n) is 3.50.